The van der Waals surface area contributed by atoms with E-state index in [1.807, 2.05) is 0 Å². The number of rotatable bonds is 5. The molecule has 0 bridgehead atoms. The van der Waals surface area contributed by atoms with E-state index in [0.717, 1.165) is 26.1 Å². The molecule has 0 aliphatic carbocycles. The van der Waals surface area contributed by atoms with Crippen LogP contribution in [0.2, 0.25) is 0 Å². The third-order valence-electron chi connectivity index (χ3n) is 3.21. The first kappa shape index (κ1) is 14.4. The second-order valence-electron chi connectivity index (χ2n) is 5.11. The van der Waals surface area contributed by atoms with Gasteiger partial charge in [-0.1, -0.05) is 0 Å². The third-order valence-corrected chi connectivity index (χ3v) is 3.21. The molecule has 2 unspecified atom stereocenters. The van der Waals surface area contributed by atoms with Gasteiger partial charge in [-0.15, -0.1) is 0 Å². The van der Waals surface area contributed by atoms with Crippen LogP contribution in [-0.4, -0.2) is 56.9 Å². The van der Waals surface area contributed by atoms with E-state index in [9.17, 15) is 4.79 Å². The van der Waals surface area contributed by atoms with Crippen LogP contribution in [0.3, 0.4) is 0 Å². The molecule has 5 heteroatoms. The summed E-state index contributed by atoms with van der Waals surface area (Å²) in [6, 6.07) is 0. The van der Waals surface area contributed by atoms with Gasteiger partial charge in [-0.25, -0.2) is 0 Å². The topological polar surface area (TPSA) is 64.8 Å². The number of esters is 1. The van der Waals surface area contributed by atoms with E-state index in [0.29, 0.717) is 12.5 Å². The molecule has 2 N–H and O–H groups in total. The van der Waals surface area contributed by atoms with Gasteiger partial charge in [0.05, 0.1) is 13.7 Å². The van der Waals surface area contributed by atoms with Crippen LogP contribution in [-0.2, 0) is 14.3 Å². The Kier molecular flexibility index (Phi) is 5.36. The lowest BCUT2D eigenvalue weighted by Gasteiger charge is -2.36. The highest BCUT2D eigenvalue weighted by atomic mass is 16.5. The Balaban J connectivity index is 2.47. The molecule has 0 aromatic carbocycles. The van der Waals surface area contributed by atoms with Crippen LogP contribution >= 0.6 is 0 Å². The Bertz CT molecular complexity index is 254. The smallest absolute Gasteiger partial charge is 0.326 e. The number of carbonyl (C=O) groups is 1. The highest BCUT2D eigenvalue weighted by Gasteiger charge is 2.33. The van der Waals surface area contributed by atoms with Crippen molar-refractivity contribution in [3.05, 3.63) is 0 Å². The van der Waals surface area contributed by atoms with Gasteiger partial charge >= 0.3 is 5.97 Å². The van der Waals surface area contributed by atoms with E-state index in [1.165, 1.54) is 13.5 Å². The van der Waals surface area contributed by atoms with Gasteiger partial charge in [0.25, 0.3) is 0 Å². The van der Waals surface area contributed by atoms with Crippen molar-refractivity contribution < 1.29 is 14.3 Å². The van der Waals surface area contributed by atoms with E-state index >= 15 is 0 Å². The van der Waals surface area contributed by atoms with E-state index < -0.39 is 5.54 Å². The van der Waals surface area contributed by atoms with Crippen molar-refractivity contribution in [1.29, 1.82) is 0 Å². The molecule has 0 aromatic heterocycles. The van der Waals surface area contributed by atoms with Gasteiger partial charge < -0.3 is 20.1 Å². The first-order valence-corrected chi connectivity index (χ1v) is 6.08. The summed E-state index contributed by atoms with van der Waals surface area (Å²) < 4.78 is 9.89. The minimum absolute atomic E-state index is 0.355. The summed E-state index contributed by atoms with van der Waals surface area (Å²) >= 11 is 0. The lowest BCUT2D eigenvalue weighted by molar-refractivity contribution is -0.147. The summed E-state index contributed by atoms with van der Waals surface area (Å²) in [5, 5.41) is 0. The Morgan fingerprint density at radius 3 is 2.82 bits per heavy atom. The van der Waals surface area contributed by atoms with Crippen LogP contribution in [0, 0.1) is 5.92 Å². The van der Waals surface area contributed by atoms with Gasteiger partial charge in [-0.05, 0) is 32.2 Å². The van der Waals surface area contributed by atoms with Gasteiger partial charge in [0.1, 0.15) is 5.54 Å². The van der Waals surface area contributed by atoms with E-state index in [2.05, 4.69) is 4.90 Å². The maximum Gasteiger partial charge on any atom is 0.326 e. The summed E-state index contributed by atoms with van der Waals surface area (Å²) in [5.74, 6) is 0.188. The lowest BCUT2D eigenvalue weighted by Crippen LogP contribution is -2.56. The molecule has 0 aromatic rings. The first-order chi connectivity index (χ1) is 7.99. The van der Waals surface area contributed by atoms with E-state index in [1.54, 1.807) is 14.0 Å². The monoisotopic (exact) mass is 244 g/mol. The van der Waals surface area contributed by atoms with Crippen molar-refractivity contribution in [3.63, 3.8) is 0 Å². The first-order valence-electron chi connectivity index (χ1n) is 6.08. The Hall–Kier alpha value is -0.650. The van der Waals surface area contributed by atoms with Gasteiger partial charge in [0, 0.05) is 20.2 Å². The predicted octanol–water partition coefficient (Wildman–Crippen LogP) is 0.235. The van der Waals surface area contributed by atoms with Crippen molar-refractivity contribution in [1.82, 2.24) is 4.90 Å². The fourth-order valence-corrected chi connectivity index (χ4v) is 2.43. The summed E-state index contributed by atoms with van der Waals surface area (Å²) in [4.78, 5) is 13.7. The number of carbonyl (C=O) groups excluding carboxylic acids is 1. The Morgan fingerprint density at radius 1 is 1.53 bits per heavy atom. The predicted molar refractivity (Wildman–Crippen MR) is 65.6 cm³/mol. The standard InChI is InChI=1S/C12H24N2O3/c1-12(13,11(15)17-3)9-14-6-4-5-10(7-14)8-16-2/h10H,4-9,13H2,1-3H3. The van der Waals surface area contributed by atoms with Gasteiger partial charge in [0.2, 0.25) is 0 Å². The van der Waals surface area contributed by atoms with E-state index in [-0.39, 0.29) is 5.97 Å². The van der Waals surface area contributed by atoms with Gasteiger partial charge in [0.15, 0.2) is 0 Å². The second-order valence-corrected chi connectivity index (χ2v) is 5.11. The van der Waals surface area contributed by atoms with Crippen molar-refractivity contribution >= 4 is 5.97 Å². The number of nitrogens with zero attached hydrogens (tertiary/aromatic N) is 1. The molecule has 1 heterocycles. The average molecular weight is 244 g/mol. The van der Waals surface area contributed by atoms with Crippen LogP contribution in [0.4, 0.5) is 0 Å². The number of nitrogens with two attached hydrogens (primary N) is 1. The SMILES string of the molecule is COCC1CCCN(CC(C)(N)C(=O)OC)C1. The van der Waals surface area contributed by atoms with Crippen molar-refractivity contribution in [2.24, 2.45) is 11.7 Å². The Morgan fingerprint density at radius 2 is 2.24 bits per heavy atom. The molecule has 2 atom stereocenters. The molecule has 0 saturated carbocycles. The van der Waals surface area contributed by atoms with Crippen LogP contribution in [0.15, 0.2) is 0 Å². The number of hydrogen-bond acceptors (Lipinski definition) is 5. The van der Waals surface area contributed by atoms with Crippen LogP contribution in [0.25, 0.3) is 0 Å². The lowest BCUT2D eigenvalue weighted by atomic mass is 9.96. The number of piperidine rings is 1. The molecule has 1 rings (SSSR count). The molecule has 17 heavy (non-hydrogen) atoms. The number of ether oxygens (including phenoxy) is 2. The molecule has 5 nitrogen and oxygen atoms in total. The molecular formula is C12H24N2O3. The van der Waals surface area contributed by atoms with Crippen LogP contribution in [0.1, 0.15) is 19.8 Å². The molecule has 1 aliphatic heterocycles. The zero-order chi connectivity index (χ0) is 12.9. The van der Waals surface area contributed by atoms with Crippen LogP contribution < -0.4 is 5.73 Å². The van der Waals surface area contributed by atoms with Crippen LogP contribution in [0.5, 0.6) is 0 Å². The maximum absolute atomic E-state index is 11.5. The number of likely N-dealkylation sites (tertiary alicyclic amines) is 1. The second kappa shape index (κ2) is 6.33. The molecule has 1 aliphatic rings. The summed E-state index contributed by atoms with van der Waals surface area (Å²) in [7, 11) is 3.10. The normalized spacial score (nSPS) is 25.3. The zero-order valence-electron chi connectivity index (χ0n) is 11.1. The highest BCUT2D eigenvalue weighted by molar-refractivity contribution is 5.80. The fraction of sp³-hybridized carbons (Fsp3) is 0.917. The average Bonchev–Trinajstić information content (AvgIpc) is 2.28. The quantitative estimate of drug-likeness (QED) is 0.702. The van der Waals surface area contributed by atoms with Gasteiger partial charge in [-0.3, -0.25) is 4.79 Å². The molecule has 1 fully saturated rings. The Labute approximate surface area is 103 Å². The summed E-state index contributed by atoms with van der Waals surface area (Å²) in [5.41, 5.74) is 5.05. The van der Waals surface area contributed by atoms with Gasteiger partial charge in [-0.2, -0.15) is 0 Å². The maximum atomic E-state index is 11.5. The number of methoxy groups -OCH3 is 2. The molecule has 100 valence electrons. The summed E-state index contributed by atoms with van der Waals surface area (Å²) in [6.07, 6.45) is 2.31. The molecule has 1 saturated heterocycles. The zero-order valence-corrected chi connectivity index (χ0v) is 11.1. The van der Waals surface area contributed by atoms with E-state index in [4.69, 9.17) is 15.2 Å². The van der Waals surface area contributed by atoms with Crippen molar-refractivity contribution in [3.8, 4) is 0 Å². The highest BCUT2D eigenvalue weighted by Crippen LogP contribution is 2.18. The largest absolute Gasteiger partial charge is 0.468 e. The minimum atomic E-state index is -0.927. The molecule has 0 amide bonds. The molecule has 0 radical (unpaired) electrons. The summed E-state index contributed by atoms with van der Waals surface area (Å²) in [6.45, 7) is 4.97. The van der Waals surface area contributed by atoms with Crippen molar-refractivity contribution in [2.75, 3.05) is 40.5 Å². The minimum Gasteiger partial charge on any atom is -0.468 e. The molecule has 0 spiro atoms. The van der Waals surface area contributed by atoms with Crippen molar-refractivity contribution in [2.45, 2.75) is 25.3 Å². The molecular weight excluding hydrogens is 220 g/mol. The third kappa shape index (κ3) is 4.26. The fourth-order valence-electron chi connectivity index (χ4n) is 2.43. The number of hydrogen-bond donors (Lipinski definition) is 1.